The van der Waals surface area contributed by atoms with Crippen LogP contribution in [0.4, 0.5) is 5.82 Å². The summed E-state index contributed by atoms with van der Waals surface area (Å²) in [5.74, 6) is -2.01. The average molecular weight is 415 g/mol. The van der Waals surface area contributed by atoms with Crippen molar-refractivity contribution in [3.8, 4) is 0 Å². The SMILES string of the molecule is CCCn1c(N)c(C(=O)COC(=O)[C@H](c2ccccc2)[C@@H](C)CC)c(=O)n(C)c1=O. The third-order valence-corrected chi connectivity index (χ3v) is 5.28. The van der Waals surface area contributed by atoms with E-state index in [1.807, 2.05) is 51.1 Å². The molecule has 2 atom stereocenters. The number of benzene rings is 1. The number of nitrogens with two attached hydrogens (primary N) is 1. The fraction of sp³-hybridized carbons (Fsp3) is 0.455. The van der Waals surface area contributed by atoms with Gasteiger partial charge in [0.05, 0.1) is 5.92 Å². The minimum absolute atomic E-state index is 0.000555. The van der Waals surface area contributed by atoms with Crippen LogP contribution in [0.3, 0.4) is 0 Å². The lowest BCUT2D eigenvalue weighted by Gasteiger charge is -2.22. The molecule has 0 aliphatic carbocycles. The fourth-order valence-corrected chi connectivity index (χ4v) is 3.38. The summed E-state index contributed by atoms with van der Waals surface area (Å²) in [5.41, 5.74) is 5.04. The molecule has 0 fully saturated rings. The molecule has 1 heterocycles. The summed E-state index contributed by atoms with van der Waals surface area (Å²) in [7, 11) is 1.29. The van der Waals surface area contributed by atoms with Crippen LogP contribution in [0, 0.1) is 5.92 Å². The summed E-state index contributed by atoms with van der Waals surface area (Å²) in [6.07, 6.45) is 1.34. The first kappa shape index (κ1) is 23.1. The van der Waals surface area contributed by atoms with Crippen molar-refractivity contribution in [2.45, 2.75) is 46.1 Å². The zero-order chi connectivity index (χ0) is 22.4. The minimum Gasteiger partial charge on any atom is -0.457 e. The van der Waals surface area contributed by atoms with Crippen molar-refractivity contribution in [1.82, 2.24) is 9.13 Å². The van der Waals surface area contributed by atoms with E-state index >= 15 is 0 Å². The maximum absolute atomic E-state index is 12.8. The van der Waals surface area contributed by atoms with Crippen molar-refractivity contribution in [1.29, 1.82) is 0 Å². The number of hydrogen-bond donors (Lipinski definition) is 1. The van der Waals surface area contributed by atoms with Crippen LogP contribution in [0.2, 0.25) is 0 Å². The third-order valence-electron chi connectivity index (χ3n) is 5.28. The fourth-order valence-electron chi connectivity index (χ4n) is 3.38. The summed E-state index contributed by atoms with van der Waals surface area (Å²) in [6, 6.07) is 9.22. The topological polar surface area (TPSA) is 113 Å². The van der Waals surface area contributed by atoms with Gasteiger partial charge in [-0.05, 0) is 17.9 Å². The maximum atomic E-state index is 12.8. The van der Waals surface area contributed by atoms with Crippen LogP contribution < -0.4 is 17.0 Å². The summed E-state index contributed by atoms with van der Waals surface area (Å²) in [4.78, 5) is 50.2. The van der Waals surface area contributed by atoms with E-state index in [1.54, 1.807) is 0 Å². The zero-order valence-electron chi connectivity index (χ0n) is 17.9. The number of rotatable bonds is 9. The normalized spacial score (nSPS) is 12.9. The Morgan fingerprint density at radius 2 is 1.77 bits per heavy atom. The molecule has 8 nitrogen and oxygen atoms in total. The quantitative estimate of drug-likeness (QED) is 0.496. The highest BCUT2D eigenvalue weighted by molar-refractivity contribution is 6.01. The van der Waals surface area contributed by atoms with Crippen LogP contribution in [-0.4, -0.2) is 27.5 Å². The summed E-state index contributed by atoms with van der Waals surface area (Å²) in [6.45, 7) is 5.40. The number of aromatic nitrogens is 2. The second kappa shape index (κ2) is 10.0. The van der Waals surface area contributed by atoms with Crippen molar-refractivity contribution in [3.63, 3.8) is 0 Å². The molecule has 0 aliphatic rings. The lowest BCUT2D eigenvalue weighted by molar-refractivity contribution is -0.145. The number of ketones is 1. The van der Waals surface area contributed by atoms with Crippen LogP contribution in [-0.2, 0) is 23.1 Å². The van der Waals surface area contributed by atoms with Gasteiger partial charge in [0, 0.05) is 13.6 Å². The van der Waals surface area contributed by atoms with E-state index in [-0.39, 0.29) is 23.8 Å². The van der Waals surface area contributed by atoms with Gasteiger partial charge in [0.25, 0.3) is 5.56 Å². The summed E-state index contributed by atoms with van der Waals surface area (Å²) < 4.78 is 7.32. The first-order valence-corrected chi connectivity index (χ1v) is 10.1. The van der Waals surface area contributed by atoms with Crippen molar-refractivity contribution in [3.05, 3.63) is 62.3 Å². The van der Waals surface area contributed by atoms with Crippen LogP contribution in [0.1, 0.15) is 55.5 Å². The minimum atomic E-state index is -0.799. The highest BCUT2D eigenvalue weighted by Gasteiger charge is 2.29. The molecule has 0 amide bonds. The predicted octanol–water partition coefficient (Wildman–Crippen LogP) is 2.09. The lowest BCUT2D eigenvalue weighted by atomic mass is 9.85. The Balaban J connectivity index is 2.29. The van der Waals surface area contributed by atoms with Gasteiger partial charge in [-0.15, -0.1) is 0 Å². The first-order valence-electron chi connectivity index (χ1n) is 10.1. The Hall–Kier alpha value is -3.16. The highest BCUT2D eigenvalue weighted by Crippen LogP contribution is 2.28. The molecular weight excluding hydrogens is 386 g/mol. The third kappa shape index (κ3) is 4.69. The van der Waals surface area contributed by atoms with E-state index in [1.165, 1.54) is 11.6 Å². The number of nitrogen functional groups attached to an aromatic ring is 1. The van der Waals surface area contributed by atoms with E-state index < -0.39 is 35.5 Å². The molecule has 0 radical (unpaired) electrons. The molecule has 30 heavy (non-hydrogen) atoms. The average Bonchev–Trinajstić information content (AvgIpc) is 2.74. The van der Waals surface area contributed by atoms with Gasteiger partial charge in [0.1, 0.15) is 11.4 Å². The molecule has 0 saturated carbocycles. The van der Waals surface area contributed by atoms with Crippen molar-refractivity contribution in [2.24, 2.45) is 13.0 Å². The number of Topliss-reactive ketones (excluding diaryl/α,β-unsaturated/α-hetero) is 1. The largest absolute Gasteiger partial charge is 0.457 e. The zero-order valence-corrected chi connectivity index (χ0v) is 17.9. The van der Waals surface area contributed by atoms with Crippen molar-refractivity contribution < 1.29 is 14.3 Å². The molecule has 2 N–H and O–H groups in total. The van der Waals surface area contributed by atoms with Gasteiger partial charge in [-0.2, -0.15) is 0 Å². The predicted molar refractivity (Wildman–Crippen MR) is 115 cm³/mol. The van der Waals surface area contributed by atoms with Crippen LogP contribution in [0.15, 0.2) is 39.9 Å². The van der Waals surface area contributed by atoms with Crippen LogP contribution >= 0.6 is 0 Å². The molecule has 0 aliphatic heterocycles. The Kier molecular flexibility index (Phi) is 7.74. The Morgan fingerprint density at radius 1 is 1.13 bits per heavy atom. The molecule has 1 aromatic carbocycles. The molecule has 2 rings (SSSR count). The van der Waals surface area contributed by atoms with Crippen molar-refractivity contribution >= 4 is 17.6 Å². The van der Waals surface area contributed by atoms with Crippen LogP contribution in [0.25, 0.3) is 0 Å². The number of carbonyl (C=O) groups excluding carboxylic acids is 2. The van der Waals surface area contributed by atoms with Crippen molar-refractivity contribution in [2.75, 3.05) is 12.3 Å². The molecular formula is C22H29N3O5. The van der Waals surface area contributed by atoms with E-state index in [4.69, 9.17) is 10.5 Å². The number of esters is 1. The molecule has 0 bridgehead atoms. The van der Waals surface area contributed by atoms with Gasteiger partial charge in [-0.3, -0.25) is 23.5 Å². The molecule has 8 heteroatoms. The van der Waals surface area contributed by atoms with E-state index in [0.29, 0.717) is 6.42 Å². The Bertz CT molecular complexity index is 1020. The van der Waals surface area contributed by atoms with Gasteiger partial charge in [0.2, 0.25) is 5.78 Å². The lowest BCUT2D eigenvalue weighted by Crippen LogP contribution is -2.43. The van der Waals surface area contributed by atoms with E-state index in [9.17, 15) is 19.2 Å². The number of ether oxygens (including phenoxy) is 1. The smallest absolute Gasteiger partial charge is 0.332 e. The standard InChI is InChI=1S/C22H29N3O5/c1-5-12-25-19(23)18(20(27)24(4)22(25)29)16(26)13-30-21(28)17(14(3)6-2)15-10-8-7-9-11-15/h7-11,14,17H,5-6,12-13,23H2,1-4H3/t14-,17-/m0/s1. The maximum Gasteiger partial charge on any atom is 0.332 e. The number of nitrogens with zero attached hydrogens (tertiary/aromatic N) is 2. The van der Waals surface area contributed by atoms with Gasteiger partial charge in [-0.1, -0.05) is 57.5 Å². The molecule has 0 spiro atoms. The summed E-state index contributed by atoms with van der Waals surface area (Å²) in [5, 5.41) is 0. The van der Waals surface area contributed by atoms with E-state index in [0.717, 1.165) is 16.6 Å². The van der Waals surface area contributed by atoms with Gasteiger partial charge in [0.15, 0.2) is 6.61 Å². The molecule has 0 unspecified atom stereocenters. The second-order valence-electron chi connectivity index (χ2n) is 7.36. The Labute approximate surface area is 175 Å². The molecule has 0 saturated heterocycles. The van der Waals surface area contributed by atoms with Crippen LogP contribution in [0.5, 0.6) is 0 Å². The monoisotopic (exact) mass is 415 g/mol. The Morgan fingerprint density at radius 3 is 2.33 bits per heavy atom. The van der Waals surface area contributed by atoms with Gasteiger partial charge in [-0.25, -0.2) is 4.79 Å². The first-order chi connectivity index (χ1) is 14.2. The summed E-state index contributed by atoms with van der Waals surface area (Å²) >= 11 is 0. The van der Waals surface area contributed by atoms with Gasteiger partial charge >= 0.3 is 11.7 Å². The number of anilines is 1. The highest BCUT2D eigenvalue weighted by atomic mass is 16.5. The van der Waals surface area contributed by atoms with Gasteiger partial charge < -0.3 is 10.5 Å². The molecule has 2 aromatic rings. The molecule has 1 aromatic heterocycles. The number of carbonyl (C=O) groups is 2. The van der Waals surface area contributed by atoms with E-state index in [2.05, 4.69) is 0 Å². The second-order valence-corrected chi connectivity index (χ2v) is 7.36. The molecule has 162 valence electrons. The number of hydrogen-bond acceptors (Lipinski definition) is 6.